The highest BCUT2D eigenvalue weighted by atomic mass is 19.1. The van der Waals surface area contributed by atoms with E-state index in [9.17, 15) is 19.3 Å². The second-order valence-corrected chi connectivity index (χ2v) is 5.36. The maximum Gasteiger partial charge on any atom is 0.295 e. The van der Waals surface area contributed by atoms with E-state index in [0.29, 0.717) is 31.9 Å². The molecule has 21 heavy (non-hydrogen) atoms. The van der Waals surface area contributed by atoms with Crippen molar-refractivity contribution in [3.05, 3.63) is 34.1 Å². The molecule has 1 aromatic carbocycles. The number of benzene rings is 1. The summed E-state index contributed by atoms with van der Waals surface area (Å²) in [5.74, 6) is -0.598. The first-order chi connectivity index (χ1) is 9.90. The van der Waals surface area contributed by atoms with E-state index in [1.807, 2.05) is 18.7 Å². The lowest BCUT2D eigenvalue weighted by Crippen LogP contribution is -2.50. The lowest BCUT2D eigenvalue weighted by atomic mass is 10.1. The van der Waals surface area contributed by atoms with E-state index in [1.165, 1.54) is 12.1 Å². The normalized spacial score (nSPS) is 15.4. The van der Waals surface area contributed by atoms with E-state index in [1.54, 1.807) is 4.90 Å². The molecule has 7 heteroatoms. The van der Waals surface area contributed by atoms with Crippen molar-refractivity contribution in [2.24, 2.45) is 5.92 Å². The molecule has 6 nitrogen and oxygen atoms in total. The molecule has 0 aliphatic carbocycles. The number of nitrogens with zero attached hydrogens (tertiary/aromatic N) is 3. The van der Waals surface area contributed by atoms with Gasteiger partial charge in [0.1, 0.15) is 11.5 Å². The Balaban J connectivity index is 2.13. The van der Waals surface area contributed by atoms with Gasteiger partial charge < -0.3 is 9.80 Å². The van der Waals surface area contributed by atoms with Gasteiger partial charge >= 0.3 is 0 Å². The second-order valence-electron chi connectivity index (χ2n) is 5.36. The van der Waals surface area contributed by atoms with Crippen LogP contribution < -0.4 is 4.90 Å². The molecule has 0 saturated carbocycles. The molecule has 0 aromatic heterocycles. The summed E-state index contributed by atoms with van der Waals surface area (Å²) in [7, 11) is 0. The Morgan fingerprint density at radius 3 is 2.43 bits per heavy atom. The summed E-state index contributed by atoms with van der Waals surface area (Å²) in [6.45, 7) is 5.74. The lowest BCUT2D eigenvalue weighted by molar-refractivity contribution is -0.384. The van der Waals surface area contributed by atoms with E-state index >= 15 is 0 Å². The average molecular weight is 295 g/mol. The van der Waals surface area contributed by atoms with Crippen LogP contribution in [0.25, 0.3) is 0 Å². The van der Waals surface area contributed by atoms with Crippen molar-refractivity contribution >= 4 is 17.3 Å². The summed E-state index contributed by atoms with van der Waals surface area (Å²) in [4.78, 5) is 25.9. The molecule has 1 aliphatic heterocycles. The molecule has 1 saturated heterocycles. The van der Waals surface area contributed by atoms with Crippen molar-refractivity contribution < 1.29 is 14.1 Å². The molecule has 1 fully saturated rings. The smallest absolute Gasteiger partial charge is 0.295 e. The van der Waals surface area contributed by atoms with Crippen LogP contribution >= 0.6 is 0 Å². The summed E-state index contributed by atoms with van der Waals surface area (Å²) in [5, 5.41) is 11.0. The molecule has 2 rings (SSSR count). The average Bonchev–Trinajstić information content (AvgIpc) is 2.46. The fourth-order valence-electron chi connectivity index (χ4n) is 2.44. The molecule has 0 N–H and O–H groups in total. The monoisotopic (exact) mass is 295 g/mol. The van der Waals surface area contributed by atoms with Gasteiger partial charge in [-0.15, -0.1) is 0 Å². The molecule has 0 spiro atoms. The summed E-state index contributed by atoms with van der Waals surface area (Å²) in [6.07, 6.45) is 0. The molecule has 0 unspecified atom stereocenters. The van der Waals surface area contributed by atoms with Crippen LogP contribution in [0.15, 0.2) is 18.2 Å². The van der Waals surface area contributed by atoms with Gasteiger partial charge in [-0.05, 0) is 12.1 Å². The van der Waals surface area contributed by atoms with Gasteiger partial charge in [0.25, 0.3) is 5.69 Å². The molecule has 114 valence electrons. The predicted octanol–water partition coefficient (Wildman–Crippen LogP) is 2.04. The zero-order valence-corrected chi connectivity index (χ0v) is 12.1. The van der Waals surface area contributed by atoms with Crippen molar-refractivity contribution in [1.29, 1.82) is 0 Å². The maximum absolute atomic E-state index is 13.2. The minimum atomic E-state index is -0.626. The van der Waals surface area contributed by atoms with E-state index in [2.05, 4.69) is 0 Å². The van der Waals surface area contributed by atoms with Crippen molar-refractivity contribution in [3.63, 3.8) is 0 Å². The first-order valence-electron chi connectivity index (χ1n) is 6.88. The Labute approximate surface area is 122 Å². The highest BCUT2D eigenvalue weighted by Crippen LogP contribution is 2.29. The van der Waals surface area contributed by atoms with E-state index in [4.69, 9.17) is 0 Å². The number of hydrogen-bond donors (Lipinski definition) is 0. The predicted molar refractivity (Wildman–Crippen MR) is 76.7 cm³/mol. The number of amides is 1. The van der Waals surface area contributed by atoms with Crippen LogP contribution in [0.5, 0.6) is 0 Å². The van der Waals surface area contributed by atoms with Crippen LogP contribution in [0.1, 0.15) is 13.8 Å². The standard InChI is InChI=1S/C14H18FN3O3/c1-10(2)14(19)17-7-5-16(6-8-17)12-4-3-11(15)9-13(12)18(20)21/h3-4,9-10H,5-8H2,1-2H3. The zero-order chi connectivity index (χ0) is 15.6. The fourth-order valence-corrected chi connectivity index (χ4v) is 2.44. The van der Waals surface area contributed by atoms with E-state index < -0.39 is 10.7 Å². The highest BCUT2D eigenvalue weighted by Gasteiger charge is 2.26. The highest BCUT2D eigenvalue weighted by molar-refractivity contribution is 5.78. The third-order valence-electron chi connectivity index (χ3n) is 3.56. The van der Waals surface area contributed by atoms with Gasteiger partial charge in [-0.1, -0.05) is 13.8 Å². The van der Waals surface area contributed by atoms with E-state index in [0.717, 1.165) is 6.07 Å². The Bertz CT molecular complexity index is 554. The number of halogens is 1. The van der Waals surface area contributed by atoms with Gasteiger partial charge in [0, 0.05) is 32.1 Å². The molecular formula is C14H18FN3O3. The summed E-state index contributed by atoms with van der Waals surface area (Å²) >= 11 is 0. The topological polar surface area (TPSA) is 66.7 Å². The number of anilines is 1. The van der Waals surface area contributed by atoms with Crippen molar-refractivity contribution in [2.75, 3.05) is 31.1 Å². The van der Waals surface area contributed by atoms with Crippen LogP contribution in [0.2, 0.25) is 0 Å². The number of nitro benzene ring substituents is 1. The summed E-state index contributed by atoms with van der Waals surface area (Å²) in [6, 6.07) is 3.57. The quantitative estimate of drug-likeness (QED) is 0.632. The maximum atomic E-state index is 13.2. The van der Waals surface area contributed by atoms with Gasteiger partial charge in [-0.2, -0.15) is 0 Å². The number of carbonyl (C=O) groups is 1. The van der Waals surface area contributed by atoms with Gasteiger partial charge in [0.2, 0.25) is 5.91 Å². The zero-order valence-electron chi connectivity index (χ0n) is 12.1. The number of rotatable bonds is 3. The first kappa shape index (κ1) is 15.2. The molecule has 0 atom stereocenters. The molecule has 1 heterocycles. The fraction of sp³-hybridized carbons (Fsp3) is 0.500. The summed E-state index contributed by atoms with van der Waals surface area (Å²) in [5.41, 5.74) is 0.164. The molecule has 1 amide bonds. The van der Waals surface area contributed by atoms with Crippen LogP contribution in [0.3, 0.4) is 0 Å². The van der Waals surface area contributed by atoms with Gasteiger partial charge in [0.05, 0.1) is 11.0 Å². The minimum Gasteiger partial charge on any atom is -0.362 e. The Hall–Kier alpha value is -2.18. The molecule has 1 aliphatic rings. The summed E-state index contributed by atoms with van der Waals surface area (Å²) < 4.78 is 13.2. The van der Waals surface area contributed by atoms with Gasteiger partial charge in [0.15, 0.2) is 0 Å². The largest absolute Gasteiger partial charge is 0.362 e. The molecule has 0 radical (unpaired) electrons. The molecule has 1 aromatic rings. The third kappa shape index (κ3) is 3.29. The number of nitro groups is 1. The lowest BCUT2D eigenvalue weighted by Gasteiger charge is -2.36. The van der Waals surface area contributed by atoms with Gasteiger partial charge in [-0.3, -0.25) is 14.9 Å². The minimum absolute atomic E-state index is 0.0586. The van der Waals surface area contributed by atoms with Crippen molar-refractivity contribution in [3.8, 4) is 0 Å². The Kier molecular flexibility index (Phi) is 4.40. The van der Waals surface area contributed by atoms with Crippen LogP contribution in [-0.2, 0) is 4.79 Å². The van der Waals surface area contributed by atoms with Gasteiger partial charge in [-0.25, -0.2) is 4.39 Å². The number of piperazine rings is 1. The van der Waals surface area contributed by atoms with E-state index in [-0.39, 0.29) is 17.5 Å². The molecule has 0 bridgehead atoms. The third-order valence-corrected chi connectivity index (χ3v) is 3.56. The SMILES string of the molecule is CC(C)C(=O)N1CCN(c2ccc(F)cc2[N+](=O)[O-])CC1. The first-order valence-corrected chi connectivity index (χ1v) is 6.88. The van der Waals surface area contributed by atoms with Crippen molar-refractivity contribution in [1.82, 2.24) is 4.90 Å². The number of hydrogen-bond acceptors (Lipinski definition) is 4. The Morgan fingerprint density at radius 2 is 1.90 bits per heavy atom. The Morgan fingerprint density at radius 1 is 1.29 bits per heavy atom. The second kappa shape index (κ2) is 6.07. The van der Waals surface area contributed by atoms with Crippen LogP contribution in [0, 0.1) is 21.8 Å². The molecular weight excluding hydrogens is 277 g/mol. The van der Waals surface area contributed by atoms with Crippen LogP contribution in [0.4, 0.5) is 15.8 Å². The van der Waals surface area contributed by atoms with Crippen LogP contribution in [-0.4, -0.2) is 41.9 Å². The number of carbonyl (C=O) groups excluding carboxylic acids is 1. The van der Waals surface area contributed by atoms with Crippen molar-refractivity contribution in [2.45, 2.75) is 13.8 Å².